The summed E-state index contributed by atoms with van der Waals surface area (Å²) in [7, 11) is 0. The molecule has 1 amide bonds. The number of aromatic amines is 1. The monoisotopic (exact) mass is 536 g/mol. The van der Waals surface area contributed by atoms with E-state index in [0.717, 1.165) is 57.2 Å². The van der Waals surface area contributed by atoms with Crippen molar-refractivity contribution in [2.45, 2.75) is 31.8 Å². The minimum absolute atomic E-state index is 0.0231. The number of anilines is 1. The summed E-state index contributed by atoms with van der Waals surface area (Å²) in [5, 5.41) is 18.0. The second kappa shape index (κ2) is 9.54. The van der Waals surface area contributed by atoms with E-state index in [-0.39, 0.29) is 18.4 Å². The zero-order valence-corrected chi connectivity index (χ0v) is 20.8. The number of thiazole rings is 1. The van der Waals surface area contributed by atoms with Crippen molar-refractivity contribution in [3.05, 3.63) is 83.6 Å². The molecular formula is C28H23F3N4O2S. The Bertz CT molecular complexity index is 1660. The van der Waals surface area contributed by atoms with Crippen molar-refractivity contribution >= 4 is 43.5 Å². The maximum Gasteiger partial charge on any atom is 0.416 e. The normalized spacial score (nSPS) is 14.7. The van der Waals surface area contributed by atoms with Crippen LogP contribution < -0.4 is 10.6 Å². The fourth-order valence-corrected chi connectivity index (χ4v) is 5.35. The summed E-state index contributed by atoms with van der Waals surface area (Å²) < 4.78 is 40.0. The summed E-state index contributed by atoms with van der Waals surface area (Å²) in [6, 6.07) is 16.8. The van der Waals surface area contributed by atoms with Crippen LogP contribution in [0.2, 0.25) is 0 Å². The molecule has 0 radical (unpaired) electrons. The number of nitrogens with zero attached hydrogens (tertiary/aromatic N) is 1. The third kappa shape index (κ3) is 5.02. The second-order valence-electron chi connectivity index (χ2n) is 9.45. The highest BCUT2D eigenvalue weighted by molar-refractivity contribution is 7.22. The molecule has 3 aromatic carbocycles. The molecule has 0 aliphatic heterocycles. The number of hydrogen-bond donors (Lipinski definition) is 4. The van der Waals surface area contributed by atoms with Gasteiger partial charge in [0.15, 0.2) is 5.13 Å². The summed E-state index contributed by atoms with van der Waals surface area (Å²) in [5.74, 6) is 0.129. The number of carbonyl (C=O) groups is 1. The van der Waals surface area contributed by atoms with E-state index in [1.807, 2.05) is 36.4 Å². The molecule has 6 nitrogen and oxygen atoms in total. The lowest BCUT2D eigenvalue weighted by Gasteiger charge is -2.14. The Labute approximate surface area is 219 Å². The number of hydrogen-bond acceptors (Lipinski definition) is 5. The number of nitrogens with one attached hydrogen (secondary N) is 3. The van der Waals surface area contributed by atoms with Gasteiger partial charge in [0.05, 0.1) is 15.8 Å². The lowest BCUT2D eigenvalue weighted by molar-refractivity contribution is -0.137. The van der Waals surface area contributed by atoms with Crippen molar-refractivity contribution in [1.29, 1.82) is 0 Å². The van der Waals surface area contributed by atoms with Gasteiger partial charge in [-0.15, -0.1) is 0 Å². The highest BCUT2D eigenvalue weighted by Gasteiger charge is 2.31. The van der Waals surface area contributed by atoms with Gasteiger partial charge in [0, 0.05) is 35.1 Å². The van der Waals surface area contributed by atoms with Crippen LogP contribution in [0.25, 0.3) is 32.2 Å². The number of rotatable bonds is 7. The molecule has 1 atom stereocenters. The summed E-state index contributed by atoms with van der Waals surface area (Å²) in [6.07, 6.45) is -1.95. The predicted octanol–water partition coefficient (Wildman–Crippen LogP) is 6.59. The van der Waals surface area contributed by atoms with E-state index in [0.29, 0.717) is 16.3 Å². The van der Waals surface area contributed by atoms with Crippen molar-refractivity contribution in [1.82, 2.24) is 15.3 Å². The van der Waals surface area contributed by atoms with Crippen LogP contribution in [0.3, 0.4) is 0 Å². The summed E-state index contributed by atoms with van der Waals surface area (Å²) in [6.45, 7) is 0.0686. The molecule has 1 aliphatic carbocycles. The number of aromatic nitrogens is 2. The lowest BCUT2D eigenvalue weighted by Crippen LogP contribution is -2.20. The van der Waals surface area contributed by atoms with Crippen LogP contribution in [0, 0.1) is 5.92 Å². The van der Waals surface area contributed by atoms with Gasteiger partial charge in [-0.2, -0.15) is 13.2 Å². The van der Waals surface area contributed by atoms with Gasteiger partial charge < -0.3 is 15.4 Å². The number of aliphatic hydroxyl groups is 1. The van der Waals surface area contributed by atoms with Crippen LogP contribution in [0.1, 0.15) is 35.8 Å². The molecule has 4 N–H and O–H groups in total. The van der Waals surface area contributed by atoms with Crippen molar-refractivity contribution in [2.75, 3.05) is 5.32 Å². The standard InChI is InChI=1S/C28H23F3N4O2S/c29-28(30,31)19-3-1-2-15(10-19)13-33-26(37)21-14-32-22-8-6-17(11-20(21)22)18-7-9-23-24(12-18)38-27(34-23)35-25(36)16-4-5-16/h1-3,6-12,14,16,26,32-33,37H,4-5,13H2,(H,34,35,36). The van der Waals surface area contributed by atoms with E-state index in [2.05, 4.69) is 20.6 Å². The van der Waals surface area contributed by atoms with Gasteiger partial charge in [-0.05, 0) is 59.9 Å². The minimum Gasteiger partial charge on any atom is -0.374 e. The van der Waals surface area contributed by atoms with Gasteiger partial charge in [-0.25, -0.2) is 4.98 Å². The van der Waals surface area contributed by atoms with E-state index in [4.69, 9.17) is 0 Å². The van der Waals surface area contributed by atoms with Gasteiger partial charge >= 0.3 is 6.18 Å². The van der Waals surface area contributed by atoms with Crippen LogP contribution in [0.4, 0.5) is 18.3 Å². The molecule has 0 saturated heterocycles. The van der Waals surface area contributed by atoms with Crippen LogP contribution >= 0.6 is 11.3 Å². The van der Waals surface area contributed by atoms with Crippen molar-refractivity contribution in [3.63, 3.8) is 0 Å². The highest BCUT2D eigenvalue weighted by Crippen LogP contribution is 2.35. The Morgan fingerprint density at radius 3 is 2.68 bits per heavy atom. The van der Waals surface area contributed by atoms with Crippen molar-refractivity contribution in [3.8, 4) is 11.1 Å². The first-order chi connectivity index (χ1) is 18.2. The Hall–Kier alpha value is -3.73. The second-order valence-corrected chi connectivity index (χ2v) is 10.5. The first kappa shape index (κ1) is 24.6. The molecule has 2 aromatic heterocycles. The Morgan fingerprint density at radius 1 is 1.11 bits per heavy atom. The van der Waals surface area contributed by atoms with Gasteiger partial charge in [-0.3, -0.25) is 10.1 Å². The number of halogens is 3. The van der Waals surface area contributed by atoms with E-state index in [1.54, 1.807) is 12.3 Å². The van der Waals surface area contributed by atoms with Crippen LogP contribution in [-0.2, 0) is 17.5 Å². The summed E-state index contributed by atoms with van der Waals surface area (Å²) in [5.41, 5.74) is 3.82. The number of H-pyrrole nitrogens is 1. The fraction of sp³-hybridized carbons (Fsp3) is 0.214. The number of aliphatic hydroxyl groups excluding tert-OH is 1. The number of amides is 1. The molecule has 194 valence electrons. The van der Waals surface area contributed by atoms with Gasteiger partial charge in [0.25, 0.3) is 0 Å². The molecule has 5 aromatic rings. The molecule has 0 spiro atoms. The minimum atomic E-state index is -4.42. The lowest BCUT2D eigenvalue weighted by atomic mass is 10.0. The summed E-state index contributed by atoms with van der Waals surface area (Å²) in [4.78, 5) is 19.8. The first-order valence-corrected chi connectivity index (χ1v) is 13.0. The van der Waals surface area contributed by atoms with Crippen LogP contribution in [-0.4, -0.2) is 21.0 Å². The topological polar surface area (TPSA) is 90.0 Å². The first-order valence-electron chi connectivity index (χ1n) is 12.1. The number of carbonyl (C=O) groups excluding carboxylic acids is 1. The average molecular weight is 537 g/mol. The quantitative estimate of drug-likeness (QED) is 0.177. The number of fused-ring (bicyclic) bond motifs is 2. The zero-order chi connectivity index (χ0) is 26.4. The molecule has 38 heavy (non-hydrogen) atoms. The zero-order valence-electron chi connectivity index (χ0n) is 20.0. The largest absolute Gasteiger partial charge is 0.416 e. The number of alkyl halides is 3. The Balaban J connectivity index is 1.22. The molecule has 6 rings (SSSR count). The Kier molecular flexibility index (Phi) is 6.17. The van der Waals surface area contributed by atoms with Gasteiger partial charge in [0.2, 0.25) is 5.91 Å². The Morgan fingerprint density at radius 2 is 1.89 bits per heavy atom. The molecule has 1 fully saturated rings. The predicted molar refractivity (Wildman–Crippen MR) is 142 cm³/mol. The maximum absolute atomic E-state index is 13.0. The van der Waals surface area contributed by atoms with Crippen LogP contribution in [0.5, 0.6) is 0 Å². The fourth-order valence-electron chi connectivity index (χ4n) is 4.44. The SMILES string of the molecule is O=C(Nc1nc2ccc(-c3ccc4[nH]cc(C(O)NCc5cccc(C(F)(F)F)c5)c4c3)cc2s1)C1CC1. The number of benzene rings is 3. The van der Waals surface area contributed by atoms with E-state index < -0.39 is 18.0 Å². The smallest absolute Gasteiger partial charge is 0.374 e. The van der Waals surface area contributed by atoms with E-state index in [1.165, 1.54) is 17.4 Å². The van der Waals surface area contributed by atoms with Crippen molar-refractivity contribution in [2.24, 2.45) is 5.92 Å². The van der Waals surface area contributed by atoms with E-state index in [9.17, 15) is 23.1 Å². The van der Waals surface area contributed by atoms with Gasteiger partial charge in [-0.1, -0.05) is 41.7 Å². The molecule has 1 aliphatic rings. The molecule has 0 bridgehead atoms. The van der Waals surface area contributed by atoms with Crippen molar-refractivity contribution < 1.29 is 23.1 Å². The molecule has 10 heteroatoms. The molecular weight excluding hydrogens is 513 g/mol. The third-order valence-electron chi connectivity index (χ3n) is 6.66. The van der Waals surface area contributed by atoms with E-state index >= 15 is 0 Å². The van der Waals surface area contributed by atoms with Gasteiger partial charge in [0.1, 0.15) is 6.23 Å². The highest BCUT2D eigenvalue weighted by atomic mass is 32.1. The third-order valence-corrected chi connectivity index (χ3v) is 7.60. The maximum atomic E-state index is 13.0. The summed E-state index contributed by atoms with van der Waals surface area (Å²) >= 11 is 1.43. The molecule has 1 unspecified atom stereocenters. The van der Waals surface area contributed by atoms with Crippen LogP contribution in [0.15, 0.2) is 66.9 Å². The molecule has 1 saturated carbocycles. The molecule has 2 heterocycles. The average Bonchev–Trinajstić information content (AvgIpc) is 3.55.